The number of carbonyl (C=O) groups is 8. The molecule has 0 aromatic heterocycles. The topological polar surface area (TPSA) is 313 Å². The summed E-state index contributed by atoms with van der Waals surface area (Å²) in [7, 11) is 0. The number of hydrogen-bond acceptors (Lipinski definition) is 12. The van der Waals surface area contributed by atoms with Crippen LogP contribution < -0.4 is 54.8 Å². The van der Waals surface area contributed by atoms with Gasteiger partial charge in [0.1, 0.15) is 36.3 Å². The standard InChI is InChI=1S/C46H72N10O8S2/c1-6-27(3)37(55-41(59)32-18-10-8-16-30(32)24-65)46(64)53-35(21-13-15-23-48)44(62)54-36(40(50)58)26-66-25-31-17-9-11-19-33(31)42(60)56-38(28(4)7-2)45(63)52-34(20-12-14-22-47)43(61)51-29(5)39(49)57/h8-11,16-19,27-29,34-38,65H,6-7,12-15,20-26,47-48H2,1-5H3,(H2,49,57)(H2,50,58)(H,51,61)(H,52,63)(H,53,64)(H,54,62)(H,55,59)(H,56,60)/t27-,28-,29-,34-,35-,36-,37-,38-/m0/s1. The molecular weight excluding hydrogens is 885 g/mol. The Bertz CT molecular complexity index is 1940. The van der Waals surface area contributed by atoms with Gasteiger partial charge in [0.2, 0.25) is 35.4 Å². The zero-order valence-corrected chi connectivity index (χ0v) is 40.6. The van der Waals surface area contributed by atoms with Crippen molar-refractivity contribution in [3.05, 3.63) is 70.8 Å². The predicted octanol–water partition coefficient (Wildman–Crippen LogP) is 1.53. The minimum absolute atomic E-state index is 0.0104. The van der Waals surface area contributed by atoms with Crippen molar-refractivity contribution in [3.8, 4) is 0 Å². The lowest BCUT2D eigenvalue weighted by atomic mass is 9.96. The molecule has 20 heteroatoms. The summed E-state index contributed by atoms with van der Waals surface area (Å²) in [6, 6.07) is 7.41. The molecule has 2 aromatic carbocycles. The molecule has 0 bridgehead atoms. The molecule has 0 radical (unpaired) electrons. The van der Waals surface area contributed by atoms with E-state index in [4.69, 9.17) is 22.9 Å². The number of thiol groups is 1. The molecule has 0 saturated heterocycles. The predicted molar refractivity (Wildman–Crippen MR) is 261 cm³/mol. The summed E-state index contributed by atoms with van der Waals surface area (Å²) in [5.41, 5.74) is 24.4. The summed E-state index contributed by atoms with van der Waals surface area (Å²) in [6.45, 7) is 9.54. The maximum absolute atomic E-state index is 13.9. The number of thioether (sulfide) groups is 1. The Morgan fingerprint density at radius 3 is 1.41 bits per heavy atom. The highest BCUT2D eigenvalue weighted by Crippen LogP contribution is 2.20. The monoisotopic (exact) mass is 956 g/mol. The van der Waals surface area contributed by atoms with Crippen molar-refractivity contribution in [3.63, 3.8) is 0 Å². The SMILES string of the molecule is CC[C@H](C)[C@H](NC(=O)c1ccccc1CSC[C@H](NC(=O)[C@H](CCCCN)NC(=O)[C@@H](NC(=O)c1ccccc1CS)[C@@H](C)CC)C(N)=O)C(=O)N[C@@H](CCCCN)C(=O)N[C@@H](C)C(N)=O. The molecule has 8 atom stereocenters. The van der Waals surface area contributed by atoms with E-state index in [1.807, 2.05) is 20.8 Å². The number of benzene rings is 2. The number of amides is 8. The van der Waals surface area contributed by atoms with Crippen LogP contribution in [0, 0.1) is 11.8 Å². The first kappa shape index (κ1) is 56.9. The van der Waals surface area contributed by atoms with Gasteiger partial charge in [0.05, 0.1) is 0 Å². The maximum atomic E-state index is 13.9. The zero-order valence-electron chi connectivity index (χ0n) is 38.9. The molecule has 0 saturated carbocycles. The van der Waals surface area contributed by atoms with Gasteiger partial charge in [-0.2, -0.15) is 24.4 Å². The summed E-state index contributed by atoms with van der Waals surface area (Å²) in [5.74, 6) is -5.07. The largest absolute Gasteiger partial charge is 0.368 e. The van der Waals surface area contributed by atoms with Gasteiger partial charge in [-0.25, -0.2) is 0 Å². The van der Waals surface area contributed by atoms with Crippen LogP contribution in [0.25, 0.3) is 0 Å². The van der Waals surface area contributed by atoms with Crippen molar-refractivity contribution in [2.45, 2.75) is 134 Å². The number of hydrogen-bond donors (Lipinski definition) is 11. The molecule has 0 spiro atoms. The maximum Gasteiger partial charge on any atom is 0.252 e. The molecule has 14 N–H and O–H groups in total. The first-order valence-electron chi connectivity index (χ1n) is 22.6. The third-order valence-electron chi connectivity index (χ3n) is 11.4. The second kappa shape index (κ2) is 30.2. The Balaban J connectivity index is 2.23. The number of unbranched alkanes of at least 4 members (excludes halogenated alkanes) is 2. The molecule has 0 heterocycles. The van der Waals surface area contributed by atoms with Crippen LogP contribution in [0.4, 0.5) is 0 Å². The van der Waals surface area contributed by atoms with Crippen LogP contribution in [-0.2, 0) is 40.3 Å². The first-order valence-corrected chi connectivity index (χ1v) is 24.4. The number of nitrogens with one attached hydrogen (secondary N) is 6. The van der Waals surface area contributed by atoms with Crippen molar-refractivity contribution in [2.24, 2.45) is 34.8 Å². The van der Waals surface area contributed by atoms with Crippen LogP contribution in [0.1, 0.15) is 118 Å². The molecule has 66 heavy (non-hydrogen) atoms. The first-order chi connectivity index (χ1) is 31.4. The highest BCUT2D eigenvalue weighted by atomic mass is 32.2. The van der Waals surface area contributed by atoms with Gasteiger partial charge in [-0.1, -0.05) is 76.9 Å². The van der Waals surface area contributed by atoms with E-state index in [2.05, 4.69) is 44.5 Å². The normalized spacial score (nSPS) is 14.7. The van der Waals surface area contributed by atoms with E-state index < -0.39 is 83.5 Å². The molecule has 8 amide bonds. The zero-order chi connectivity index (χ0) is 49.3. The lowest BCUT2D eigenvalue weighted by Crippen LogP contribution is -2.58. The van der Waals surface area contributed by atoms with Crippen molar-refractivity contribution in [2.75, 3.05) is 18.8 Å². The number of primary amides is 2. The molecule has 18 nitrogen and oxygen atoms in total. The summed E-state index contributed by atoms with van der Waals surface area (Å²) < 4.78 is 0. The molecule has 0 aliphatic heterocycles. The molecule has 0 aliphatic rings. The van der Waals surface area contributed by atoms with E-state index >= 15 is 0 Å². The summed E-state index contributed by atoms with van der Waals surface area (Å²) in [5, 5.41) is 16.5. The fraction of sp³-hybridized carbons (Fsp3) is 0.565. The average molecular weight is 957 g/mol. The molecule has 0 fully saturated rings. The van der Waals surface area contributed by atoms with Gasteiger partial charge in [0.25, 0.3) is 11.8 Å². The Hall–Kier alpha value is -5.18. The van der Waals surface area contributed by atoms with Gasteiger partial charge < -0.3 is 54.8 Å². The van der Waals surface area contributed by atoms with Gasteiger partial charge >= 0.3 is 0 Å². The van der Waals surface area contributed by atoms with E-state index in [1.54, 1.807) is 55.5 Å². The second-order valence-electron chi connectivity index (χ2n) is 16.4. The minimum atomic E-state index is -1.17. The number of nitrogens with two attached hydrogens (primary N) is 4. The Kier molecular flexibility index (Phi) is 26.0. The molecular formula is C46H72N10O8S2. The highest BCUT2D eigenvalue weighted by Gasteiger charge is 2.33. The fourth-order valence-corrected chi connectivity index (χ4v) is 8.12. The van der Waals surface area contributed by atoms with Crippen molar-refractivity contribution in [1.82, 2.24) is 31.9 Å². The van der Waals surface area contributed by atoms with E-state index in [-0.39, 0.29) is 41.7 Å². The van der Waals surface area contributed by atoms with Crippen LogP contribution >= 0.6 is 24.4 Å². The molecule has 0 unspecified atom stereocenters. The van der Waals surface area contributed by atoms with Crippen LogP contribution in [0.2, 0.25) is 0 Å². The quantitative estimate of drug-likeness (QED) is 0.0380. The summed E-state index contributed by atoms with van der Waals surface area (Å²) >= 11 is 5.56. The van der Waals surface area contributed by atoms with E-state index in [9.17, 15) is 38.4 Å². The van der Waals surface area contributed by atoms with E-state index in [1.165, 1.54) is 18.7 Å². The van der Waals surface area contributed by atoms with Crippen LogP contribution in [0.5, 0.6) is 0 Å². The van der Waals surface area contributed by atoms with Crippen molar-refractivity contribution in [1.29, 1.82) is 0 Å². The van der Waals surface area contributed by atoms with Gasteiger partial charge in [-0.15, -0.1) is 0 Å². The third-order valence-corrected chi connectivity index (χ3v) is 12.8. The molecule has 2 aromatic rings. The van der Waals surface area contributed by atoms with E-state index in [0.717, 1.165) is 0 Å². The lowest BCUT2D eigenvalue weighted by molar-refractivity contribution is -0.132. The van der Waals surface area contributed by atoms with Gasteiger partial charge in [0.15, 0.2) is 0 Å². The molecule has 366 valence electrons. The van der Waals surface area contributed by atoms with Gasteiger partial charge in [-0.3, -0.25) is 38.4 Å². The Morgan fingerprint density at radius 1 is 0.561 bits per heavy atom. The number of carbonyl (C=O) groups excluding carboxylic acids is 8. The van der Waals surface area contributed by atoms with Crippen LogP contribution in [-0.4, -0.2) is 102 Å². The van der Waals surface area contributed by atoms with Crippen LogP contribution in [0.3, 0.4) is 0 Å². The fourth-order valence-electron chi connectivity index (χ4n) is 6.77. The van der Waals surface area contributed by atoms with Crippen molar-refractivity contribution >= 4 is 71.6 Å². The lowest BCUT2D eigenvalue weighted by Gasteiger charge is -2.27. The van der Waals surface area contributed by atoms with Crippen LogP contribution in [0.15, 0.2) is 48.5 Å². The smallest absolute Gasteiger partial charge is 0.252 e. The molecule has 0 aliphatic carbocycles. The third kappa shape index (κ3) is 18.6. The summed E-state index contributed by atoms with van der Waals surface area (Å²) in [6.07, 6.45) is 3.67. The minimum Gasteiger partial charge on any atom is -0.368 e. The van der Waals surface area contributed by atoms with E-state index in [0.29, 0.717) is 74.1 Å². The summed E-state index contributed by atoms with van der Waals surface area (Å²) in [4.78, 5) is 106. The van der Waals surface area contributed by atoms with Gasteiger partial charge in [0, 0.05) is 28.4 Å². The second-order valence-corrected chi connectivity index (χ2v) is 17.8. The molecule has 2 rings (SSSR count). The average Bonchev–Trinajstić information content (AvgIpc) is 3.30. The Morgan fingerprint density at radius 2 is 0.985 bits per heavy atom. The highest BCUT2D eigenvalue weighted by molar-refractivity contribution is 7.98. The number of rotatable bonds is 31. The van der Waals surface area contributed by atoms with Gasteiger partial charge in [-0.05, 0) is 93.6 Å². The van der Waals surface area contributed by atoms with Crippen molar-refractivity contribution < 1.29 is 38.4 Å². The Labute approximate surface area is 398 Å².